The third kappa shape index (κ3) is 4.55. The minimum atomic E-state index is -0.626. The summed E-state index contributed by atoms with van der Waals surface area (Å²) in [6.45, 7) is 2.41. The fourth-order valence-electron chi connectivity index (χ4n) is 3.83. The molecular formula is C24H24N4O2. The minimum absolute atomic E-state index is 0.119. The van der Waals surface area contributed by atoms with Crippen molar-refractivity contribution in [2.45, 2.75) is 6.04 Å². The summed E-state index contributed by atoms with van der Waals surface area (Å²) in [5.41, 5.74) is 2.96. The maximum absolute atomic E-state index is 12.6. The predicted octanol–water partition coefficient (Wildman–Crippen LogP) is 2.95. The van der Waals surface area contributed by atoms with Gasteiger partial charge in [-0.05, 0) is 23.3 Å². The van der Waals surface area contributed by atoms with E-state index in [-0.39, 0.29) is 6.04 Å². The van der Waals surface area contributed by atoms with E-state index in [1.165, 1.54) is 17.3 Å². The Hall–Kier alpha value is -3.51. The fraction of sp³-hybridized carbons (Fsp3) is 0.208. The molecule has 0 aliphatic carbocycles. The lowest BCUT2D eigenvalue weighted by Crippen LogP contribution is -2.52. The van der Waals surface area contributed by atoms with Crippen LogP contribution in [0.5, 0.6) is 0 Å². The summed E-state index contributed by atoms with van der Waals surface area (Å²) in [6, 6.07) is 24.3. The van der Waals surface area contributed by atoms with Gasteiger partial charge in [-0.25, -0.2) is 0 Å². The van der Waals surface area contributed by atoms with Crippen LogP contribution in [0.1, 0.15) is 17.2 Å². The zero-order chi connectivity index (χ0) is 20.8. The Bertz CT molecular complexity index is 932. The second kappa shape index (κ2) is 9.33. The van der Waals surface area contributed by atoms with Crippen LogP contribution in [0.2, 0.25) is 0 Å². The van der Waals surface area contributed by atoms with Gasteiger partial charge in [0.25, 0.3) is 0 Å². The monoisotopic (exact) mass is 400 g/mol. The zero-order valence-electron chi connectivity index (χ0n) is 16.6. The van der Waals surface area contributed by atoms with E-state index >= 15 is 0 Å². The molecule has 2 heterocycles. The van der Waals surface area contributed by atoms with Crippen LogP contribution in [0.3, 0.4) is 0 Å². The lowest BCUT2D eigenvalue weighted by atomic mass is 9.96. The summed E-state index contributed by atoms with van der Waals surface area (Å²) < 4.78 is 0. The molecule has 2 amide bonds. The van der Waals surface area contributed by atoms with E-state index in [0.717, 1.165) is 0 Å². The van der Waals surface area contributed by atoms with Crippen molar-refractivity contribution in [1.29, 1.82) is 0 Å². The summed E-state index contributed by atoms with van der Waals surface area (Å²) in [7, 11) is 0. The van der Waals surface area contributed by atoms with E-state index in [9.17, 15) is 9.59 Å². The van der Waals surface area contributed by atoms with Crippen LogP contribution >= 0.6 is 0 Å². The predicted molar refractivity (Wildman–Crippen MR) is 116 cm³/mol. The number of aromatic nitrogens is 1. The number of pyridine rings is 1. The largest absolute Gasteiger partial charge is 0.332 e. The van der Waals surface area contributed by atoms with Gasteiger partial charge in [0, 0.05) is 32.4 Å². The van der Waals surface area contributed by atoms with Gasteiger partial charge in [0.1, 0.15) is 0 Å². The molecule has 1 aromatic heterocycles. The maximum Gasteiger partial charge on any atom is 0.313 e. The van der Waals surface area contributed by atoms with Crippen LogP contribution in [-0.2, 0) is 9.59 Å². The van der Waals surface area contributed by atoms with E-state index in [2.05, 4.69) is 39.5 Å². The first-order valence-corrected chi connectivity index (χ1v) is 10.1. The Morgan fingerprint density at radius 3 is 1.93 bits per heavy atom. The van der Waals surface area contributed by atoms with Crippen LogP contribution < -0.4 is 5.32 Å². The van der Waals surface area contributed by atoms with Crippen LogP contribution in [0.4, 0.5) is 5.69 Å². The Labute approximate surface area is 176 Å². The molecule has 0 spiro atoms. The highest BCUT2D eigenvalue weighted by Gasteiger charge is 2.30. The number of carbonyl (C=O) groups is 2. The first-order valence-electron chi connectivity index (χ1n) is 10.1. The van der Waals surface area contributed by atoms with Gasteiger partial charge in [0.2, 0.25) is 0 Å². The summed E-state index contributed by atoms with van der Waals surface area (Å²) in [5, 5.41) is 2.62. The number of carbonyl (C=O) groups excluding carboxylic acids is 2. The molecule has 3 aromatic rings. The summed E-state index contributed by atoms with van der Waals surface area (Å²) in [6.07, 6.45) is 3.14. The van der Waals surface area contributed by atoms with Gasteiger partial charge in [-0.15, -0.1) is 0 Å². The van der Waals surface area contributed by atoms with E-state index in [4.69, 9.17) is 0 Å². The van der Waals surface area contributed by atoms with Crippen LogP contribution in [0, 0.1) is 0 Å². The molecule has 0 atom stereocenters. The maximum atomic E-state index is 12.6. The van der Waals surface area contributed by atoms with Crippen molar-refractivity contribution < 1.29 is 9.59 Å². The third-order valence-electron chi connectivity index (χ3n) is 5.31. The normalized spacial score (nSPS) is 14.5. The third-order valence-corrected chi connectivity index (χ3v) is 5.31. The van der Waals surface area contributed by atoms with Gasteiger partial charge < -0.3 is 10.2 Å². The van der Waals surface area contributed by atoms with Gasteiger partial charge in [0.05, 0.1) is 17.9 Å². The molecule has 1 N–H and O–H groups in total. The Balaban J connectivity index is 1.43. The minimum Gasteiger partial charge on any atom is -0.332 e. The van der Waals surface area contributed by atoms with Crippen molar-refractivity contribution in [3.05, 3.63) is 96.3 Å². The summed E-state index contributed by atoms with van der Waals surface area (Å²) in [4.78, 5) is 32.9. The lowest BCUT2D eigenvalue weighted by Gasteiger charge is -2.39. The number of amides is 2. The van der Waals surface area contributed by atoms with Gasteiger partial charge in [-0.1, -0.05) is 60.7 Å². The Morgan fingerprint density at radius 2 is 1.40 bits per heavy atom. The quantitative estimate of drug-likeness (QED) is 0.684. The molecular weight excluding hydrogens is 376 g/mol. The fourth-order valence-corrected chi connectivity index (χ4v) is 3.83. The molecule has 1 fully saturated rings. The van der Waals surface area contributed by atoms with Gasteiger partial charge >= 0.3 is 11.8 Å². The number of rotatable bonds is 4. The molecule has 1 aliphatic rings. The van der Waals surface area contributed by atoms with Crippen molar-refractivity contribution >= 4 is 17.5 Å². The van der Waals surface area contributed by atoms with Crippen LogP contribution in [-0.4, -0.2) is 52.8 Å². The summed E-state index contributed by atoms with van der Waals surface area (Å²) in [5.74, 6) is -1.13. The van der Waals surface area contributed by atoms with E-state index in [0.29, 0.717) is 31.9 Å². The highest BCUT2D eigenvalue weighted by atomic mass is 16.2. The average molecular weight is 400 g/mol. The number of hydrogen-bond donors (Lipinski definition) is 1. The molecule has 2 aromatic carbocycles. The number of nitrogens with zero attached hydrogens (tertiary/aromatic N) is 3. The van der Waals surface area contributed by atoms with E-state index in [1.54, 1.807) is 23.2 Å². The number of nitrogens with one attached hydrogen (secondary N) is 1. The molecule has 1 aliphatic heterocycles. The Kier molecular flexibility index (Phi) is 6.15. The van der Waals surface area contributed by atoms with E-state index < -0.39 is 11.8 Å². The van der Waals surface area contributed by atoms with E-state index in [1.807, 2.05) is 36.4 Å². The second-order valence-electron chi connectivity index (χ2n) is 7.25. The van der Waals surface area contributed by atoms with Crippen molar-refractivity contribution in [2.24, 2.45) is 0 Å². The lowest BCUT2D eigenvalue weighted by molar-refractivity contribution is -0.144. The first kappa shape index (κ1) is 19.8. The Morgan fingerprint density at radius 1 is 0.800 bits per heavy atom. The molecule has 6 heteroatoms. The van der Waals surface area contributed by atoms with Crippen molar-refractivity contribution in [3.8, 4) is 0 Å². The molecule has 1 saturated heterocycles. The summed E-state index contributed by atoms with van der Waals surface area (Å²) >= 11 is 0. The molecule has 0 bridgehead atoms. The second-order valence-corrected chi connectivity index (χ2v) is 7.25. The first-order chi connectivity index (χ1) is 14.7. The van der Waals surface area contributed by atoms with Crippen molar-refractivity contribution in [2.75, 3.05) is 31.5 Å². The van der Waals surface area contributed by atoms with Crippen molar-refractivity contribution in [1.82, 2.24) is 14.8 Å². The standard InChI is InChI=1S/C24H24N4O2/c29-23(26-21-12-7-13-25-18-21)24(30)28-16-14-27(15-17-28)22(19-8-3-1-4-9-19)20-10-5-2-6-11-20/h1-13,18,22H,14-17H2,(H,26,29). The molecule has 30 heavy (non-hydrogen) atoms. The zero-order valence-corrected chi connectivity index (χ0v) is 16.6. The molecule has 0 unspecified atom stereocenters. The average Bonchev–Trinajstić information content (AvgIpc) is 2.81. The van der Waals surface area contributed by atoms with Crippen LogP contribution in [0.25, 0.3) is 0 Å². The number of anilines is 1. The van der Waals surface area contributed by atoms with Crippen molar-refractivity contribution in [3.63, 3.8) is 0 Å². The molecule has 0 saturated carbocycles. The topological polar surface area (TPSA) is 65.5 Å². The molecule has 4 rings (SSSR count). The van der Waals surface area contributed by atoms with Gasteiger partial charge in [-0.3, -0.25) is 19.5 Å². The number of benzene rings is 2. The number of hydrogen-bond acceptors (Lipinski definition) is 4. The smallest absolute Gasteiger partial charge is 0.313 e. The molecule has 0 radical (unpaired) electrons. The molecule has 152 valence electrons. The SMILES string of the molecule is O=C(Nc1cccnc1)C(=O)N1CCN(C(c2ccccc2)c2ccccc2)CC1. The highest BCUT2D eigenvalue weighted by Crippen LogP contribution is 2.29. The molecule has 6 nitrogen and oxygen atoms in total. The number of piperazine rings is 1. The van der Waals surface area contributed by atoms with Crippen LogP contribution in [0.15, 0.2) is 85.2 Å². The van der Waals surface area contributed by atoms with Gasteiger partial charge in [0.15, 0.2) is 0 Å². The highest BCUT2D eigenvalue weighted by molar-refractivity contribution is 6.39. The van der Waals surface area contributed by atoms with Gasteiger partial charge in [-0.2, -0.15) is 0 Å².